The van der Waals surface area contributed by atoms with Gasteiger partial charge in [0.1, 0.15) is 28.3 Å². The Morgan fingerprint density at radius 1 is 1.14 bits per heavy atom. The number of sulfonamides is 1. The van der Waals surface area contributed by atoms with E-state index in [1.54, 1.807) is 6.26 Å². The van der Waals surface area contributed by atoms with Gasteiger partial charge in [-0.15, -0.1) is 11.8 Å². The molecular formula is C18H13FN4O3S2. The molecule has 0 fully saturated rings. The van der Waals surface area contributed by atoms with E-state index in [0.717, 1.165) is 11.8 Å². The topological polar surface area (TPSA) is 119 Å². The number of aromatic nitrogens is 2. The van der Waals surface area contributed by atoms with Crippen molar-refractivity contribution in [1.82, 2.24) is 9.55 Å². The van der Waals surface area contributed by atoms with Crippen LogP contribution in [-0.4, -0.2) is 24.2 Å². The summed E-state index contributed by atoms with van der Waals surface area (Å²) in [7, 11) is -3.90. The van der Waals surface area contributed by atoms with Crippen LogP contribution in [0.2, 0.25) is 0 Å². The van der Waals surface area contributed by atoms with Crippen molar-refractivity contribution in [3.63, 3.8) is 0 Å². The molecule has 0 aliphatic rings. The Morgan fingerprint density at radius 2 is 1.75 bits per heavy atom. The Balaban J connectivity index is 2.34. The molecule has 2 aromatic carbocycles. The highest BCUT2D eigenvalue weighted by molar-refractivity contribution is 7.98. The smallest absolute Gasteiger partial charge is 0.267 e. The van der Waals surface area contributed by atoms with Crippen LogP contribution in [0.25, 0.3) is 17.1 Å². The van der Waals surface area contributed by atoms with E-state index in [1.807, 2.05) is 6.07 Å². The van der Waals surface area contributed by atoms with Crippen molar-refractivity contribution in [2.24, 2.45) is 5.14 Å². The van der Waals surface area contributed by atoms with E-state index in [4.69, 9.17) is 5.14 Å². The molecule has 0 aliphatic carbocycles. The van der Waals surface area contributed by atoms with E-state index in [-0.39, 0.29) is 27.0 Å². The highest BCUT2D eigenvalue weighted by atomic mass is 32.2. The van der Waals surface area contributed by atoms with Crippen LogP contribution in [0.1, 0.15) is 5.56 Å². The number of rotatable bonds is 4. The molecule has 1 aromatic heterocycles. The van der Waals surface area contributed by atoms with Crippen LogP contribution in [-0.2, 0) is 10.0 Å². The van der Waals surface area contributed by atoms with E-state index in [1.165, 1.54) is 53.1 Å². The van der Waals surface area contributed by atoms with Crippen molar-refractivity contribution in [3.05, 3.63) is 70.3 Å². The molecule has 1 heterocycles. The van der Waals surface area contributed by atoms with Gasteiger partial charge in [-0.25, -0.2) is 22.9 Å². The summed E-state index contributed by atoms with van der Waals surface area (Å²) in [5.41, 5.74) is -0.0272. The summed E-state index contributed by atoms with van der Waals surface area (Å²) < 4.78 is 37.4. The summed E-state index contributed by atoms with van der Waals surface area (Å²) in [6, 6.07) is 12.5. The fraction of sp³-hybridized carbons (Fsp3) is 0.0556. The number of thioether (sulfide) groups is 1. The summed E-state index contributed by atoms with van der Waals surface area (Å²) in [4.78, 5) is 17.3. The van der Waals surface area contributed by atoms with Gasteiger partial charge in [0.15, 0.2) is 0 Å². The quantitative estimate of drug-likeness (QED) is 0.515. The van der Waals surface area contributed by atoms with Crippen LogP contribution < -0.4 is 10.7 Å². The average Bonchev–Trinajstić information content (AvgIpc) is 2.67. The van der Waals surface area contributed by atoms with Gasteiger partial charge in [0.2, 0.25) is 10.0 Å². The van der Waals surface area contributed by atoms with Crippen molar-refractivity contribution < 1.29 is 12.8 Å². The minimum atomic E-state index is -3.90. The van der Waals surface area contributed by atoms with Gasteiger partial charge >= 0.3 is 0 Å². The van der Waals surface area contributed by atoms with Crippen molar-refractivity contribution in [3.8, 4) is 23.1 Å². The Labute approximate surface area is 164 Å². The molecule has 0 saturated carbocycles. The molecule has 3 aromatic rings. The fourth-order valence-corrected chi connectivity index (χ4v) is 3.59. The van der Waals surface area contributed by atoms with E-state index < -0.39 is 21.4 Å². The van der Waals surface area contributed by atoms with E-state index in [2.05, 4.69) is 4.98 Å². The van der Waals surface area contributed by atoms with E-state index in [9.17, 15) is 22.9 Å². The first-order valence-corrected chi connectivity index (χ1v) is 10.5. The second-order valence-corrected chi connectivity index (χ2v) is 7.97. The Morgan fingerprint density at radius 3 is 2.25 bits per heavy atom. The standard InChI is InChI=1S/C18H13FN4O3S2/c1-27-17-15(10-20)18(24)23(13-6-8-14(9-7-13)28(21,25)26)16(22-17)11-2-4-12(19)5-3-11/h2-9H,1H3,(H2,21,25,26). The Kier molecular flexibility index (Phi) is 5.33. The van der Waals surface area contributed by atoms with Crippen molar-refractivity contribution in [1.29, 1.82) is 5.26 Å². The molecule has 0 unspecified atom stereocenters. The summed E-state index contributed by atoms with van der Waals surface area (Å²) >= 11 is 1.14. The van der Waals surface area contributed by atoms with Gasteiger partial charge in [0.05, 0.1) is 10.6 Å². The van der Waals surface area contributed by atoms with Crippen LogP contribution in [0.5, 0.6) is 0 Å². The molecule has 0 bridgehead atoms. The Hall–Kier alpha value is -3.00. The number of primary sulfonamides is 1. The van der Waals surface area contributed by atoms with Crippen LogP contribution in [0.15, 0.2) is 63.2 Å². The van der Waals surface area contributed by atoms with Crippen LogP contribution in [0, 0.1) is 17.1 Å². The van der Waals surface area contributed by atoms with E-state index >= 15 is 0 Å². The third-order valence-corrected chi connectivity index (χ3v) is 5.49. The second-order valence-electron chi connectivity index (χ2n) is 5.62. The largest absolute Gasteiger partial charge is 0.277 e. The summed E-state index contributed by atoms with van der Waals surface area (Å²) in [5.74, 6) is -0.259. The molecule has 3 rings (SSSR count). The normalized spacial score (nSPS) is 11.2. The van der Waals surface area contributed by atoms with Crippen LogP contribution in [0.4, 0.5) is 4.39 Å². The minimum Gasteiger partial charge on any atom is -0.267 e. The maximum absolute atomic E-state index is 13.3. The molecule has 7 nitrogen and oxygen atoms in total. The summed E-state index contributed by atoms with van der Waals surface area (Å²) in [5, 5.41) is 14.7. The van der Waals surface area contributed by atoms with Gasteiger partial charge in [0.25, 0.3) is 5.56 Å². The van der Waals surface area contributed by atoms with Gasteiger partial charge in [0, 0.05) is 5.56 Å². The number of nitrogens with two attached hydrogens (primary N) is 1. The first-order valence-electron chi connectivity index (χ1n) is 7.76. The lowest BCUT2D eigenvalue weighted by molar-refractivity contribution is 0.598. The highest BCUT2D eigenvalue weighted by Gasteiger charge is 2.19. The van der Waals surface area contributed by atoms with Gasteiger partial charge in [-0.2, -0.15) is 5.26 Å². The monoisotopic (exact) mass is 416 g/mol. The predicted molar refractivity (Wildman–Crippen MR) is 103 cm³/mol. The lowest BCUT2D eigenvalue weighted by Crippen LogP contribution is -2.25. The number of benzene rings is 2. The lowest BCUT2D eigenvalue weighted by Gasteiger charge is -2.15. The zero-order valence-corrected chi connectivity index (χ0v) is 16.1. The highest BCUT2D eigenvalue weighted by Crippen LogP contribution is 2.25. The lowest BCUT2D eigenvalue weighted by atomic mass is 10.2. The number of nitriles is 1. The molecule has 142 valence electrons. The third kappa shape index (κ3) is 3.68. The maximum Gasteiger partial charge on any atom is 0.277 e. The van der Waals surface area contributed by atoms with E-state index in [0.29, 0.717) is 5.56 Å². The van der Waals surface area contributed by atoms with Gasteiger partial charge in [-0.1, -0.05) is 0 Å². The van der Waals surface area contributed by atoms with Crippen LogP contribution in [0.3, 0.4) is 0 Å². The molecule has 10 heteroatoms. The zero-order valence-electron chi connectivity index (χ0n) is 14.5. The van der Waals surface area contributed by atoms with Crippen molar-refractivity contribution >= 4 is 21.8 Å². The molecule has 28 heavy (non-hydrogen) atoms. The summed E-state index contributed by atoms with van der Waals surface area (Å²) in [6.07, 6.45) is 1.68. The molecule has 0 spiro atoms. The van der Waals surface area contributed by atoms with Gasteiger partial charge in [-0.3, -0.25) is 9.36 Å². The van der Waals surface area contributed by atoms with Crippen molar-refractivity contribution in [2.75, 3.05) is 6.26 Å². The SMILES string of the molecule is CSc1nc(-c2ccc(F)cc2)n(-c2ccc(S(N)(=O)=O)cc2)c(=O)c1C#N. The van der Waals surface area contributed by atoms with Gasteiger partial charge < -0.3 is 0 Å². The Bertz CT molecular complexity index is 1250. The molecule has 0 amide bonds. The van der Waals surface area contributed by atoms with Crippen LogP contribution >= 0.6 is 11.8 Å². The third-order valence-electron chi connectivity index (χ3n) is 3.88. The summed E-state index contributed by atoms with van der Waals surface area (Å²) in [6.45, 7) is 0. The molecule has 2 N–H and O–H groups in total. The molecule has 0 atom stereocenters. The first-order chi connectivity index (χ1) is 13.3. The van der Waals surface area contributed by atoms with Crippen molar-refractivity contribution in [2.45, 2.75) is 9.92 Å². The fourth-order valence-electron chi connectivity index (χ4n) is 2.56. The average molecular weight is 416 g/mol. The molecular weight excluding hydrogens is 403 g/mol. The molecule has 0 saturated heterocycles. The number of nitrogens with zero attached hydrogens (tertiary/aromatic N) is 3. The number of hydrogen-bond acceptors (Lipinski definition) is 6. The zero-order chi connectivity index (χ0) is 20.5. The molecule has 0 radical (unpaired) electrons. The number of halogens is 1. The van der Waals surface area contributed by atoms with Gasteiger partial charge in [-0.05, 0) is 54.8 Å². The maximum atomic E-state index is 13.3. The number of hydrogen-bond donors (Lipinski definition) is 1. The minimum absolute atomic E-state index is 0.123. The first kappa shape index (κ1) is 19.8. The second kappa shape index (κ2) is 7.55. The molecule has 0 aliphatic heterocycles. The predicted octanol–water partition coefficient (Wildman–Crippen LogP) is 2.28.